The quantitative estimate of drug-likeness (QED) is 0.922. The molecule has 1 aromatic carbocycles. The molecular formula is C16H20Cl2O3. The molecule has 2 aliphatic rings. The molecule has 3 nitrogen and oxygen atoms in total. The Balaban J connectivity index is 1.64. The second kappa shape index (κ2) is 6.43. The Labute approximate surface area is 135 Å². The minimum atomic E-state index is -0.386. The van der Waals surface area contributed by atoms with E-state index in [2.05, 4.69) is 0 Å². The number of hydrogen-bond acceptors (Lipinski definition) is 3. The van der Waals surface area contributed by atoms with Crippen molar-refractivity contribution in [3.05, 3.63) is 33.8 Å². The van der Waals surface area contributed by atoms with Crippen molar-refractivity contribution >= 4 is 23.2 Å². The first-order valence-corrected chi connectivity index (χ1v) is 8.17. The fourth-order valence-electron chi connectivity index (χ4n) is 3.33. The molecule has 0 amide bonds. The summed E-state index contributed by atoms with van der Waals surface area (Å²) < 4.78 is 11.4. The number of aliphatic hydroxyl groups is 1. The van der Waals surface area contributed by atoms with E-state index in [1.54, 1.807) is 6.07 Å². The third kappa shape index (κ3) is 3.54. The lowest BCUT2D eigenvalue weighted by Gasteiger charge is -2.39. The van der Waals surface area contributed by atoms with E-state index >= 15 is 0 Å². The van der Waals surface area contributed by atoms with Gasteiger partial charge in [-0.2, -0.15) is 0 Å². The van der Waals surface area contributed by atoms with Crippen LogP contribution < -0.4 is 0 Å². The summed E-state index contributed by atoms with van der Waals surface area (Å²) in [5.41, 5.74) is 0.849. The number of aliphatic hydroxyl groups excluding tert-OH is 1. The van der Waals surface area contributed by atoms with Crippen molar-refractivity contribution in [3.8, 4) is 0 Å². The molecule has 116 valence electrons. The van der Waals surface area contributed by atoms with Crippen LogP contribution in [0.5, 0.6) is 0 Å². The lowest BCUT2D eigenvalue weighted by molar-refractivity contribution is -0.116. The molecule has 2 heterocycles. The SMILES string of the molecule is OC(Cc1ccc(Cl)c(Cl)c1)C1CCOC2(CCOC2)C1. The van der Waals surface area contributed by atoms with Crippen molar-refractivity contribution in [2.75, 3.05) is 19.8 Å². The van der Waals surface area contributed by atoms with Gasteiger partial charge >= 0.3 is 0 Å². The van der Waals surface area contributed by atoms with Gasteiger partial charge in [-0.15, -0.1) is 0 Å². The van der Waals surface area contributed by atoms with Gasteiger partial charge in [0.1, 0.15) is 0 Å². The van der Waals surface area contributed by atoms with Gasteiger partial charge in [-0.1, -0.05) is 29.3 Å². The van der Waals surface area contributed by atoms with Crippen LogP contribution in [0.4, 0.5) is 0 Å². The van der Waals surface area contributed by atoms with Gasteiger partial charge in [-0.3, -0.25) is 0 Å². The Kier molecular flexibility index (Phi) is 4.77. The highest BCUT2D eigenvalue weighted by molar-refractivity contribution is 6.42. The molecule has 0 aliphatic carbocycles. The first-order valence-electron chi connectivity index (χ1n) is 7.42. The molecule has 21 heavy (non-hydrogen) atoms. The summed E-state index contributed by atoms with van der Waals surface area (Å²) in [7, 11) is 0. The van der Waals surface area contributed by atoms with Gasteiger partial charge < -0.3 is 14.6 Å². The Hall–Kier alpha value is -0.320. The topological polar surface area (TPSA) is 38.7 Å². The highest BCUT2D eigenvalue weighted by Crippen LogP contribution is 2.37. The molecule has 1 spiro atoms. The van der Waals surface area contributed by atoms with E-state index in [0.717, 1.165) is 31.4 Å². The summed E-state index contributed by atoms with van der Waals surface area (Å²) in [5.74, 6) is 0.245. The molecule has 3 rings (SSSR count). The molecule has 0 radical (unpaired) electrons. The van der Waals surface area contributed by atoms with Crippen LogP contribution in [0, 0.1) is 5.92 Å². The Morgan fingerprint density at radius 3 is 2.86 bits per heavy atom. The lowest BCUT2D eigenvalue weighted by atomic mass is 9.80. The van der Waals surface area contributed by atoms with Gasteiger partial charge in [-0.25, -0.2) is 0 Å². The summed E-state index contributed by atoms with van der Waals surface area (Å²) in [6.07, 6.45) is 2.91. The van der Waals surface area contributed by atoms with Crippen LogP contribution >= 0.6 is 23.2 Å². The fourth-order valence-corrected chi connectivity index (χ4v) is 3.65. The van der Waals surface area contributed by atoms with Crippen LogP contribution in [0.1, 0.15) is 24.8 Å². The maximum absolute atomic E-state index is 10.6. The van der Waals surface area contributed by atoms with Crippen molar-refractivity contribution in [2.24, 2.45) is 5.92 Å². The molecule has 0 bridgehead atoms. The molecule has 5 heteroatoms. The largest absolute Gasteiger partial charge is 0.392 e. The Morgan fingerprint density at radius 2 is 2.14 bits per heavy atom. The summed E-state index contributed by atoms with van der Waals surface area (Å²) >= 11 is 12.0. The number of rotatable bonds is 3. The number of halogens is 2. The second-order valence-corrected chi connectivity index (χ2v) is 6.92. The summed E-state index contributed by atoms with van der Waals surface area (Å²) in [6, 6.07) is 5.54. The maximum Gasteiger partial charge on any atom is 0.0940 e. The Bertz CT molecular complexity index is 500. The van der Waals surface area contributed by atoms with E-state index in [-0.39, 0.29) is 17.6 Å². The monoisotopic (exact) mass is 330 g/mol. The third-order valence-electron chi connectivity index (χ3n) is 4.57. The molecule has 2 saturated heterocycles. The zero-order chi connectivity index (χ0) is 14.9. The first kappa shape index (κ1) is 15.6. The van der Waals surface area contributed by atoms with Gasteiger partial charge in [0, 0.05) is 19.6 Å². The second-order valence-electron chi connectivity index (χ2n) is 6.11. The zero-order valence-corrected chi connectivity index (χ0v) is 13.4. The standard InChI is InChI=1S/C16H20Cl2O3/c17-13-2-1-11(7-14(13)18)8-15(19)12-3-5-21-16(9-12)4-6-20-10-16/h1-2,7,12,15,19H,3-6,8-10H2. The number of hydrogen-bond donors (Lipinski definition) is 1. The molecule has 3 unspecified atom stereocenters. The average molecular weight is 331 g/mol. The predicted molar refractivity (Wildman–Crippen MR) is 83.0 cm³/mol. The average Bonchev–Trinajstić information content (AvgIpc) is 2.91. The van der Waals surface area contributed by atoms with Crippen molar-refractivity contribution in [1.82, 2.24) is 0 Å². The van der Waals surface area contributed by atoms with E-state index in [0.29, 0.717) is 29.7 Å². The van der Waals surface area contributed by atoms with Crippen LogP contribution in [0.3, 0.4) is 0 Å². The van der Waals surface area contributed by atoms with E-state index in [1.807, 2.05) is 12.1 Å². The first-order chi connectivity index (χ1) is 10.1. The molecule has 2 fully saturated rings. The maximum atomic E-state index is 10.6. The predicted octanol–water partition coefficient (Wildman–Crippen LogP) is 3.48. The van der Waals surface area contributed by atoms with Crippen LogP contribution in [0.15, 0.2) is 18.2 Å². The van der Waals surface area contributed by atoms with Crippen molar-refractivity contribution in [3.63, 3.8) is 0 Å². The van der Waals surface area contributed by atoms with Gasteiger partial charge in [0.05, 0.1) is 28.4 Å². The number of benzene rings is 1. The van der Waals surface area contributed by atoms with Crippen molar-refractivity contribution in [1.29, 1.82) is 0 Å². The van der Waals surface area contributed by atoms with Crippen LogP contribution in [-0.4, -0.2) is 36.6 Å². The molecule has 0 aromatic heterocycles. The lowest BCUT2D eigenvalue weighted by Crippen LogP contribution is -2.44. The highest BCUT2D eigenvalue weighted by atomic mass is 35.5. The summed E-state index contributed by atoms with van der Waals surface area (Å²) in [5, 5.41) is 11.6. The van der Waals surface area contributed by atoms with E-state index in [4.69, 9.17) is 32.7 Å². The van der Waals surface area contributed by atoms with Gasteiger partial charge in [0.15, 0.2) is 0 Å². The summed E-state index contributed by atoms with van der Waals surface area (Å²) in [4.78, 5) is 0. The van der Waals surface area contributed by atoms with Crippen LogP contribution in [0.25, 0.3) is 0 Å². The smallest absolute Gasteiger partial charge is 0.0940 e. The van der Waals surface area contributed by atoms with E-state index < -0.39 is 0 Å². The van der Waals surface area contributed by atoms with E-state index in [1.165, 1.54) is 0 Å². The zero-order valence-electron chi connectivity index (χ0n) is 11.9. The third-order valence-corrected chi connectivity index (χ3v) is 5.31. The minimum absolute atomic E-state index is 0.165. The molecule has 1 N–H and O–H groups in total. The fraction of sp³-hybridized carbons (Fsp3) is 0.625. The molecule has 3 atom stereocenters. The van der Waals surface area contributed by atoms with Crippen LogP contribution in [-0.2, 0) is 15.9 Å². The molecule has 0 saturated carbocycles. The molecule has 1 aromatic rings. The van der Waals surface area contributed by atoms with Gasteiger partial charge in [0.2, 0.25) is 0 Å². The molecule has 2 aliphatic heterocycles. The van der Waals surface area contributed by atoms with Crippen molar-refractivity contribution in [2.45, 2.75) is 37.4 Å². The summed E-state index contributed by atoms with van der Waals surface area (Å²) in [6.45, 7) is 2.12. The normalized spacial score (nSPS) is 30.7. The highest BCUT2D eigenvalue weighted by Gasteiger charge is 2.42. The number of ether oxygens (including phenoxy) is 2. The van der Waals surface area contributed by atoms with E-state index in [9.17, 15) is 5.11 Å². The van der Waals surface area contributed by atoms with Crippen LogP contribution in [0.2, 0.25) is 10.0 Å². The molecular weight excluding hydrogens is 311 g/mol. The Morgan fingerprint density at radius 1 is 1.29 bits per heavy atom. The van der Waals surface area contributed by atoms with Gasteiger partial charge in [-0.05, 0) is 42.9 Å². The van der Waals surface area contributed by atoms with Gasteiger partial charge in [0.25, 0.3) is 0 Å². The minimum Gasteiger partial charge on any atom is -0.392 e. The van der Waals surface area contributed by atoms with Crippen molar-refractivity contribution < 1.29 is 14.6 Å².